The van der Waals surface area contributed by atoms with E-state index in [1.165, 1.54) is 4.90 Å². The molecule has 0 aromatic heterocycles. The smallest absolute Gasteiger partial charge is 0.326 e. The van der Waals surface area contributed by atoms with Gasteiger partial charge in [0.25, 0.3) is 0 Å². The number of aliphatic carboxylic acids is 1. The Balaban J connectivity index is 2.09. The van der Waals surface area contributed by atoms with Gasteiger partial charge in [-0.1, -0.05) is 20.3 Å². The van der Waals surface area contributed by atoms with E-state index in [-0.39, 0.29) is 23.8 Å². The number of carboxylic acids is 1. The Morgan fingerprint density at radius 3 is 2.61 bits per heavy atom. The maximum Gasteiger partial charge on any atom is 0.326 e. The summed E-state index contributed by atoms with van der Waals surface area (Å²) in [7, 11) is 0. The maximum absolute atomic E-state index is 12.8. The van der Waals surface area contributed by atoms with Crippen molar-refractivity contribution in [2.24, 2.45) is 5.92 Å². The van der Waals surface area contributed by atoms with Crippen LogP contribution in [-0.2, 0) is 14.4 Å². The van der Waals surface area contributed by atoms with E-state index in [1.54, 1.807) is 0 Å². The molecule has 2 heterocycles. The quantitative estimate of drug-likeness (QED) is 0.654. The van der Waals surface area contributed by atoms with Gasteiger partial charge in [-0.2, -0.15) is 0 Å². The van der Waals surface area contributed by atoms with E-state index in [0.29, 0.717) is 19.4 Å². The fraction of sp³-hybridized carbons (Fsp3) is 0.812. The van der Waals surface area contributed by atoms with Gasteiger partial charge in [-0.15, -0.1) is 0 Å². The van der Waals surface area contributed by atoms with Crippen molar-refractivity contribution < 1.29 is 19.5 Å². The molecule has 7 heteroatoms. The Morgan fingerprint density at radius 1 is 1.30 bits per heavy atom. The predicted octanol–water partition coefficient (Wildman–Crippen LogP) is 0.345. The van der Waals surface area contributed by atoms with Crippen molar-refractivity contribution in [3.05, 3.63) is 0 Å². The second-order valence-corrected chi connectivity index (χ2v) is 6.55. The van der Waals surface area contributed by atoms with Crippen LogP contribution >= 0.6 is 0 Å². The number of amides is 2. The lowest BCUT2D eigenvalue weighted by molar-refractivity contribution is -0.150. The molecule has 130 valence electrons. The Morgan fingerprint density at radius 2 is 2.04 bits per heavy atom. The normalized spacial score (nSPS) is 26.8. The second kappa shape index (κ2) is 7.77. The highest BCUT2D eigenvalue weighted by atomic mass is 16.4. The third kappa shape index (κ3) is 4.02. The van der Waals surface area contributed by atoms with Crippen LogP contribution in [0.1, 0.15) is 46.0 Å². The van der Waals surface area contributed by atoms with Crippen molar-refractivity contribution in [2.75, 3.05) is 13.1 Å². The standard InChI is InChI=1S/C16H27N3O4/c1-3-10(2)13(18-14(20)11-6-4-8-17-11)15(21)19-9-5-7-12(19)16(22)23/h10-13,17H,3-9H2,1-2H3,(H,18,20)(H,22,23)/t10-,11+,12+,13-/m0/s1. The monoisotopic (exact) mass is 325 g/mol. The number of hydrogen-bond donors (Lipinski definition) is 3. The molecule has 0 unspecified atom stereocenters. The zero-order valence-electron chi connectivity index (χ0n) is 13.9. The van der Waals surface area contributed by atoms with Crippen molar-refractivity contribution >= 4 is 17.8 Å². The Labute approximate surface area is 136 Å². The van der Waals surface area contributed by atoms with E-state index in [1.807, 2.05) is 13.8 Å². The van der Waals surface area contributed by atoms with Crippen LogP contribution in [0.4, 0.5) is 0 Å². The summed E-state index contributed by atoms with van der Waals surface area (Å²) in [6, 6.07) is -1.67. The summed E-state index contributed by atoms with van der Waals surface area (Å²) in [5.74, 6) is -1.44. The second-order valence-electron chi connectivity index (χ2n) is 6.55. The van der Waals surface area contributed by atoms with Crippen molar-refractivity contribution in [1.29, 1.82) is 0 Å². The minimum absolute atomic E-state index is 0.0390. The highest BCUT2D eigenvalue weighted by Crippen LogP contribution is 2.21. The first-order chi connectivity index (χ1) is 11.0. The summed E-state index contributed by atoms with van der Waals surface area (Å²) in [5.41, 5.74) is 0. The van der Waals surface area contributed by atoms with Crippen molar-refractivity contribution in [2.45, 2.75) is 64.1 Å². The van der Waals surface area contributed by atoms with E-state index in [0.717, 1.165) is 25.8 Å². The molecule has 2 aliphatic heterocycles. The summed E-state index contributed by atoms with van der Waals surface area (Å²) in [6.45, 7) is 5.13. The number of carbonyl (C=O) groups excluding carboxylic acids is 2. The molecule has 2 rings (SSSR count). The third-order valence-electron chi connectivity index (χ3n) is 4.97. The van der Waals surface area contributed by atoms with Gasteiger partial charge in [0.15, 0.2) is 0 Å². The topological polar surface area (TPSA) is 98.7 Å². The van der Waals surface area contributed by atoms with Gasteiger partial charge in [-0.05, 0) is 38.1 Å². The highest BCUT2D eigenvalue weighted by Gasteiger charge is 2.39. The van der Waals surface area contributed by atoms with Crippen LogP contribution in [-0.4, -0.2) is 59.0 Å². The summed E-state index contributed by atoms with van der Waals surface area (Å²) >= 11 is 0. The zero-order valence-corrected chi connectivity index (χ0v) is 13.9. The van der Waals surface area contributed by atoms with Crippen LogP contribution < -0.4 is 10.6 Å². The Kier molecular flexibility index (Phi) is 5.98. The summed E-state index contributed by atoms with van der Waals surface area (Å²) in [4.78, 5) is 37.9. The SMILES string of the molecule is CC[C@H](C)[C@H](NC(=O)[C@H]1CCCN1)C(=O)N1CCC[C@@H]1C(=O)O. The Hall–Kier alpha value is -1.63. The number of likely N-dealkylation sites (tertiary alicyclic amines) is 1. The van der Waals surface area contributed by atoms with Gasteiger partial charge in [0, 0.05) is 6.54 Å². The third-order valence-corrected chi connectivity index (χ3v) is 4.97. The first-order valence-corrected chi connectivity index (χ1v) is 8.52. The van der Waals surface area contributed by atoms with Crippen LogP contribution in [0.15, 0.2) is 0 Å². The minimum Gasteiger partial charge on any atom is -0.480 e. The van der Waals surface area contributed by atoms with Gasteiger partial charge in [0.05, 0.1) is 6.04 Å². The van der Waals surface area contributed by atoms with Crippen LogP contribution in [0.5, 0.6) is 0 Å². The first-order valence-electron chi connectivity index (χ1n) is 8.52. The summed E-state index contributed by atoms with van der Waals surface area (Å²) in [5, 5.41) is 15.3. The molecule has 2 amide bonds. The molecule has 23 heavy (non-hydrogen) atoms. The number of nitrogens with zero attached hydrogens (tertiary/aromatic N) is 1. The molecule has 0 radical (unpaired) electrons. The molecule has 4 atom stereocenters. The molecule has 2 aliphatic rings. The van der Waals surface area contributed by atoms with E-state index in [4.69, 9.17) is 0 Å². The van der Waals surface area contributed by atoms with Crippen LogP contribution in [0.3, 0.4) is 0 Å². The zero-order chi connectivity index (χ0) is 17.0. The maximum atomic E-state index is 12.8. The number of carbonyl (C=O) groups is 3. The average Bonchev–Trinajstić information content (AvgIpc) is 3.21. The first kappa shape index (κ1) is 17.7. The van der Waals surface area contributed by atoms with Gasteiger partial charge >= 0.3 is 5.97 Å². The van der Waals surface area contributed by atoms with E-state index >= 15 is 0 Å². The van der Waals surface area contributed by atoms with Crippen LogP contribution in [0.2, 0.25) is 0 Å². The minimum atomic E-state index is -0.970. The molecular weight excluding hydrogens is 298 g/mol. The number of rotatable bonds is 6. The van der Waals surface area contributed by atoms with Gasteiger partial charge in [0.2, 0.25) is 11.8 Å². The van der Waals surface area contributed by atoms with Crippen LogP contribution in [0, 0.1) is 5.92 Å². The van der Waals surface area contributed by atoms with Crippen molar-refractivity contribution in [3.63, 3.8) is 0 Å². The molecule has 0 aromatic carbocycles. The lowest BCUT2D eigenvalue weighted by Crippen LogP contribution is -2.56. The molecular formula is C16H27N3O4. The fourth-order valence-corrected chi connectivity index (χ4v) is 3.31. The fourth-order valence-electron chi connectivity index (χ4n) is 3.31. The predicted molar refractivity (Wildman–Crippen MR) is 84.8 cm³/mol. The largest absolute Gasteiger partial charge is 0.480 e. The lowest BCUT2D eigenvalue weighted by Gasteiger charge is -2.31. The Bertz CT molecular complexity index is 462. The van der Waals surface area contributed by atoms with E-state index in [2.05, 4.69) is 10.6 Å². The number of nitrogens with one attached hydrogen (secondary N) is 2. The molecule has 0 bridgehead atoms. The molecule has 0 aliphatic carbocycles. The summed E-state index contributed by atoms with van der Waals surface area (Å²) in [6.07, 6.45) is 3.63. The van der Waals surface area contributed by atoms with Crippen molar-refractivity contribution in [1.82, 2.24) is 15.5 Å². The van der Waals surface area contributed by atoms with Crippen LogP contribution in [0.25, 0.3) is 0 Å². The van der Waals surface area contributed by atoms with Gasteiger partial charge < -0.3 is 20.6 Å². The molecule has 2 saturated heterocycles. The van der Waals surface area contributed by atoms with Gasteiger partial charge in [-0.3, -0.25) is 9.59 Å². The van der Waals surface area contributed by atoms with E-state index in [9.17, 15) is 19.5 Å². The average molecular weight is 325 g/mol. The molecule has 3 N–H and O–H groups in total. The lowest BCUT2D eigenvalue weighted by atomic mass is 9.97. The molecule has 2 fully saturated rings. The number of hydrogen-bond acceptors (Lipinski definition) is 4. The highest BCUT2D eigenvalue weighted by molar-refractivity contribution is 5.92. The van der Waals surface area contributed by atoms with Crippen molar-refractivity contribution in [3.8, 4) is 0 Å². The molecule has 7 nitrogen and oxygen atoms in total. The van der Waals surface area contributed by atoms with Gasteiger partial charge in [0.1, 0.15) is 12.1 Å². The molecule has 0 saturated carbocycles. The van der Waals surface area contributed by atoms with Gasteiger partial charge in [-0.25, -0.2) is 4.79 Å². The molecule has 0 spiro atoms. The molecule has 0 aromatic rings. The summed E-state index contributed by atoms with van der Waals surface area (Å²) < 4.78 is 0. The van der Waals surface area contributed by atoms with E-state index < -0.39 is 18.1 Å². The number of carboxylic acid groups (broad SMARTS) is 1.